The zero-order valence-corrected chi connectivity index (χ0v) is 10.6. The molecule has 86 valence electrons. The Morgan fingerprint density at radius 3 is 2.81 bits per heavy atom. The number of hydrogen-bond acceptors (Lipinski definition) is 4. The van der Waals surface area contributed by atoms with Crippen LogP contribution < -0.4 is 5.32 Å². The highest BCUT2D eigenvalue weighted by Crippen LogP contribution is 2.26. The third kappa shape index (κ3) is 2.01. The highest BCUT2D eigenvalue weighted by atomic mass is 32.1. The predicted molar refractivity (Wildman–Crippen MR) is 65.6 cm³/mol. The fourth-order valence-electron chi connectivity index (χ4n) is 1.80. The van der Waals surface area contributed by atoms with Gasteiger partial charge < -0.3 is 5.32 Å². The third-order valence-electron chi connectivity index (χ3n) is 2.66. The third-order valence-corrected chi connectivity index (χ3v) is 3.54. The minimum atomic E-state index is 0.191. The molecular formula is C11H16N4S. The number of rotatable bonds is 4. The predicted octanol–water partition coefficient (Wildman–Crippen LogP) is 1.88. The molecule has 0 aromatic carbocycles. The Morgan fingerprint density at radius 2 is 2.31 bits per heavy atom. The molecule has 0 aliphatic heterocycles. The molecule has 0 saturated heterocycles. The highest BCUT2D eigenvalue weighted by molar-refractivity contribution is 7.08. The van der Waals surface area contributed by atoms with Crippen molar-refractivity contribution in [3.63, 3.8) is 0 Å². The number of nitrogens with one attached hydrogen (secondary N) is 1. The van der Waals surface area contributed by atoms with E-state index in [-0.39, 0.29) is 6.04 Å². The molecule has 0 aliphatic carbocycles. The maximum Gasteiger partial charge on any atom is 0.0799 e. The first-order valence-electron chi connectivity index (χ1n) is 5.34. The lowest BCUT2D eigenvalue weighted by Gasteiger charge is -2.17. The number of nitrogens with zero attached hydrogens (tertiary/aromatic N) is 3. The molecule has 1 atom stereocenters. The molecular weight excluding hydrogens is 220 g/mol. The molecule has 0 fully saturated rings. The van der Waals surface area contributed by atoms with Gasteiger partial charge in [-0.05, 0) is 35.4 Å². The molecule has 0 radical (unpaired) electrons. The number of aryl methyl sites for hydroxylation is 2. The van der Waals surface area contributed by atoms with Crippen molar-refractivity contribution in [2.75, 3.05) is 6.54 Å². The van der Waals surface area contributed by atoms with E-state index in [0.29, 0.717) is 0 Å². The molecule has 16 heavy (non-hydrogen) atoms. The summed E-state index contributed by atoms with van der Waals surface area (Å²) in [7, 11) is 1.92. The van der Waals surface area contributed by atoms with Crippen LogP contribution in [0.25, 0.3) is 0 Å². The molecule has 2 aromatic heterocycles. The summed E-state index contributed by atoms with van der Waals surface area (Å²) in [5.74, 6) is 0. The van der Waals surface area contributed by atoms with Crippen LogP contribution in [-0.4, -0.2) is 21.5 Å². The maximum atomic E-state index is 3.99. The molecule has 2 rings (SSSR count). The summed E-state index contributed by atoms with van der Waals surface area (Å²) in [4.78, 5) is 0. The van der Waals surface area contributed by atoms with Gasteiger partial charge >= 0.3 is 0 Å². The zero-order valence-electron chi connectivity index (χ0n) is 9.77. The maximum absolute atomic E-state index is 3.99. The van der Waals surface area contributed by atoms with Gasteiger partial charge in [0.1, 0.15) is 0 Å². The van der Waals surface area contributed by atoms with Crippen LogP contribution in [0.2, 0.25) is 0 Å². The lowest BCUT2D eigenvalue weighted by molar-refractivity contribution is 0.567. The number of hydrogen-bond donors (Lipinski definition) is 1. The van der Waals surface area contributed by atoms with Gasteiger partial charge in [0.05, 0.1) is 17.9 Å². The van der Waals surface area contributed by atoms with E-state index < -0.39 is 0 Å². The van der Waals surface area contributed by atoms with Crippen molar-refractivity contribution in [3.8, 4) is 0 Å². The first-order valence-corrected chi connectivity index (χ1v) is 6.29. The summed E-state index contributed by atoms with van der Waals surface area (Å²) in [6.45, 7) is 5.17. The topological polar surface area (TPSA) is 42.7 Å². The Bertz CT molecular complexity index is 420. The highest BCUT2D eigenvalue weighted by Gasteiger charge is 2.19. The van der Waals surface area contributed by atoms with Crippen molar-refractivity contribution in [2.45, 2.75) is 19.9 Å². The Hall–Kier alpha value is -1.20. The molecule has 2 aromatic rings. The van der Waals surface area contributed by atoms with Crippen molar-refractivity contribution < 1.29 is 0 Å². The first kappa shape index (κ1) is 11.3. The van der Waals surface area contributed by atoms with E-state index in [4.69, 9.17) is 0 Å². The van der Waals surface area contributed by atoms with E-state index in [2.05, 4.69) is 40.2 Å². The average Bonchev–Trinajstić information content (AvgIpc) is 2.84. The smallest absolute Gasteiger partial charge is 0.0799 e. The number of thiophene rings is 1. The standard InChI is InChI=1S/C11H16N4S/c1-4-12-11(9-7-16-6-8(9)2)10-5-13-14-15(10)3/h5-7,11-12H,4H2,1-3H3. The SMILES string of the molecule is CCNC(c1cscc1C)c1cnnn1C. The Morgan fingerprint density at radius 1 is 1.50 bits per heavy atom. The summed E-state index contributed by atoms with van der Waals surface area (Å²) in [6, 6.07) is 0.191. The fourth-order valence-corrected chi connectivity index (χ4v) is 2.68. The van der Waals surface area contributed by atoms with E-state index in [1.54, 1.807) is 11.3 Å². The molecule has 0 aliphatic rings. The monoisotopic (exact) mass is 236 g/mol. The van der Waals surface area contributed by atoms with Gasteiger partial charge in [-0.3, -0.25) is 4.68 Å². The van der Waals surface area contributed by atoms with Crippen LogP contribution in [0.15, 0.2) is 17.0 Å². The fraction of sp³-hybridized carbons (Fsp3) is 0.455. The van der Waals surface area contributed by atoms with Gasteiger partial charge in [-0.1, -0.05) is 12.1 Å². The van der Waals surface area contributed by atoms with Crippen LogP contribution in [0.4, 0.5) is 0 Å². The normalized spacial score (nSPS) is 12.9. The Kier molecular flexibility index (Phi) is 3.36. The van der Waals surface area contributed by atoms with Crippen LogP contribution in [0.3, 0.4) is 0 Å². The minimum Gasteiger partial charge on any atom is -0.305 e. The summed E-state index contributed by atoms with van der Waals surface area (Å²) in [5.41, 5.74) is 3.73. The molecule has 0 spiro atoms. The van der Waals surface area contributed by atoms with Crippen molar-refractivity contribution in [2.24, 2.45) is 7.05 Å². The summed E-state index contributed by atoms with van der Waals surface area (Å²) < 4.78 is 1.82. The second-order valence-corrected chi connectivity index (χ2v) is 4.53. The van der Waals surface area contributed by atoms with Gasteiger partial charge in [0.2, 0.25) is 0 Å². The van der Waals surface area contributed by atoms with Crippen molar-refractivity contribution in [1.82, 2.24) is 20.3 Å². The molecule has 1 unspecified atom stereocenters. The molecule has 1 N–H and O–H groups in total. The van der Waals surface area contributed by atoms with Gasteiger partial charge in [-0.2, -0.15) is 11.3 Å². The van der Waals surface area contributed by atoms with Crippen LogP contribution >= 0.6 is 11.3 Å². The molecule has 0 bridgehead atoms. The summed E-state index contributed by atoms with van der Waals surface area (Å²) in [5, 5.41) is 15.8. The van der Waals surface area contributed by atoms with E-state index in [0.717, 1.165) is 12.2 Å². The quantitative estimate of drug-likeness (QED) is 0.881. The molecule has 2 heterocycles. The summed E-state index contributed by atoms with van der Waals surface area (Å²) in [6.07, 6.45) is 1.82. The van der Waals surface area contributed by atoms with Crippen LogP contribution in [0, 0.1) is 6.92 Å². The Balaban J connectivity index is 2.39. The van der Waals surface area contributed by atoms with Crippen LogP contribution in [0.5, 0.6) is 0 Å². The van der Waals surface area contributed by atoms with Gasteiger partial charge in [-0.25, -0.2) is 0 Å². The molecule has 5 heteroatoms. The first-order chi connectivity index (χ1) is 7.74. The number of aromatic nitrogens is 3. The van der Waals surface area contributed by atoms with Gasteiger partial charge in [-0.15, -0.1) is 5.10 Å². The minimum absolute atomic E-state index is 0.191. The van der Waals surface area contributed by atoms with E-state index in [1.807, 2.05) is 17.9 Å². The van der Waals surface area contributed by atoms with Crippen molar-refractivity contribution in [3.05, 3.63) is 33.8 Å². The van der Waals surface area contributed by atoms with Crippen molar-refractivity contribution in [1.29, 1.82) is 0 Å². The zero-order chi connectivity index (χ0) is 11.5. The van der Waals surface area contributed by atoms with E-state index in [9.17, 15) is 0 Å². The lowest BCUT2D eigenvalue weighted by Crippen LogP contribution is -2.24. The largest absolute Gasteiger partial charge is 0.305 e. The molecule has 4 nitrogen and oxygen atoms in total. The van der Waals surface area contributed by atoms with E-state index >= 15 is 0 Å². The van der Waals surface area contributed by atoms with Crippen LogP contribution in [-0.2, 0) is 7.05 Å². The second kappa shape index (κ2) is 4.76. The average molecular weight is 236 g/mol. The summed E-state index contributed by atoms with van der Waals surface area (Å²) >= 11 is 1.73. The molecule has 0 saturated carbocycles. The van der Waals surface area contributed by atoms with Gasteiger partial charge in [0.25, 0.3) is 0 Å². The van der Waals surface area contributed by atoms with Crippen molar-refractivity contribution >= 4 is 11.3 Å². The Labute approximate surface area is 99.3 Å². The van der Waals surface area contributed by atoms with Gasteiger partial charge in [0.15, 0.2) is 0 Å². The second-order valence-electron chi connectivity index (χ2n) is 3.78. The van der Waals surface area contributed by atoms with Crippen LogP contribution in [0.1, 0.15) is 29.8 Å². The van der Waals surface area contributed by atoms with Gasteiger partial charge in [0, 0.05) is 7.05 Å². The lowest BCUT2D eigenvalue weighted by atomic mass is 10.0. The molecule has 0 amide bonds. The van der Waals surface area contributed by atoms with E-state index in [1.165, 1.54) is 11.1 Å².